The highest BCUT2D eigenvalue weighted by Crippen LogP contribution is 2.23. The van der Waals surface area contributed by atoms with Crippen molar-refractivity contribution >= 4 is 35.0 Å². The van der Waals surface area contributed by atoms with E-state index in [0.717, 1.165) is 4.88 Å². The number of rotatable bonds is 5. The fourth-order valence-corrected chi connectivity index (χ4v) is 2.59. The van der Waals surface area contributed by atoms with Crippen molar-refractivity contribution in [3.63, 3.8) is 0 Å². The van der Waals surface area contributed by atoms with Gasteiger partial charge < -0.3 is 10.1 Å². The third-order valence-corrected chi connectivity index (χ3v) is 4.14. The second-order valence-corrected chi connectivity index (χ2v) is 7.31. The Morgan fingerprint density at radius 3 is 2.46 bits per heavy atom. The van der Waals surface area contributed by atoms with Crippen molar-refractivity contribution in [1.29, 1.82) is 0 Å². The molecule has 0 radical (unpaired) electrons. The maximum atomic E-state index is 11.8. The number of hydrogen-bond donors (Lipinski definition) is 1. The van der Waals surface area contributed by atoms with E-state index in [9.17, 15) is 9.59 Å². The number of anilines is 1. The molecule has 0 saturated carbocycles. The highest BCUT2D eigenvalue weighted by molar-refractivity contribution is 7.10. The van der Waals surface area contributed by atoms with Gasteiger partial charge in [0.25, 0.3) is 5.91 Å². The zero-order chi connectivity index (χ0) is 17.6. The van der Waals surface area contributed by atoms with E-state index in [4.69, 9.17) is 4.74 Å². The van der Waals surface area contributed by atoms with E-state index in [1.54, 1.807) is 6.08 Å². The van der Waals surface area contributed by atoms with Crippen LogP contribution in [0.2, 0.25) is 0 Å². The SMILES string of the molecule is CC(C)(C)c1ccc(NC(=O)COC(=O)/C=C/c2cccs2)cc1. The van der Waals surface area contributed by atoms with Crippen molar-refractivity contribution in [2.75, 3.05) is 11.9 Å². The normalized spacial score (nSPS) is 11.5. The molecule has 24 heavy (non-hydrogen) atoms. The summed E-state index contributed by atoms with van der Waals surface area (Å²) in [5.41, 5.74) is 1.93. The number of carbonyl (C=O) groups excluding carboxylic acids is 2. The molecule has 1 aromatic carbocycles. The van der Waals surface area contributed by atoms with Crippen LogP contribution in [0.5, 0.6) is 0 Å². The van der Waals surface area contributed by atoms with Crippen LogP contribution in [0.1, 0.15) is 31.2 Å². The van der Waals surface area contributed by atoms with E-state index in [0.29, 0.717) is 5.69 Å². The summed E-state index contributed by atoms with van der Waals surface area (Å²) in [7, 11) is 0. The summed E-state index contributed by atoms with van der Waals surface area (Å²) < 4.78 is 4.92. The van der Waals surface area contributed by atoms with E-state index in [2.05, 4.69) is 26.1 Å². The maximum absolute atomic E-state index is 11.8. The lowest BCUT2D eigenvalue weighted by Gasteiger charge is -2.19. The van der Waals surface area contributed by atoms with Gasteiger partial charge in [0.2, 0.25) is 0 Å². The average molecular weight is 343 g/mol. The minimum absolute atomic E-state index is 0.0625. The maximum Gasteiger partial charge on any atom is 0.331 e. The fraction of sp³-hybridized carbons (Fsp3) is 0.263. The lowest BCUT2D eigenvalue weighted by Crippen LogP contribution is -2.20. The van der Waals surface area contributed by atoms with Crippen LogP contribution in [0.15, 0.2) is 47.9 Å². The van der Waals surface area contributed by atoms with Crippen molar-refractivity contribution in [2.45, 2.75) is 26.2 Å². The molecule has 0 aliphatic carbocycles. The zero-order valence-electron chi connectivity index (χ0n) is 14.0. The van der Waals surface area contributed by atoms with Crippen LogP contribution in [-0.4, -0.2) is 18.5 Å². The first kappa shape index (κ1) is 17.9. The summed E-state index contributed by atoms with van der Waals surface area (Å²) in [4.78, 5) is 24.3. The fourth-order valence-electron chi connectivity index (χ4n) is 1.97. The molecule has 2 rings (SSSR count). The average Bonchev–Trinajstić information content (AvgIpc) is 3.04. The smallest absolute Gasteiger partial charge is 0.331 e. The third kappa shape index (κ3) is 5.66. The Bertz CT molecular complexity index is 710. The minimum Gasteiger partial charge on any atom is -0.452 e. The molecule has 4 nitrogen and oxygen atoms in total. The largest absolute Gasteiger partial charge is 0.452 e. The molecule has 2 aromatic rings. The number of esters is 1. The molecule has 126 valence electrons. The molecule has 1 heterocycles. The molecular formula is C19H21NO3S. The van der Waals surface area contributed by atoms with Gasteiger partial charge in [0.15, 0.2) is 6.61 Å². The molecule has 0 fully saturated rings. The van der Waals surface area contributed by atoms with E-state index in [1.165, 1.54) is 23.0 Å². The summed E-state index contributed by atoms with van der Waals surface area (Å²) in [6, 6.07) is 11.4. The van der Waals surface area contributed by atoms with Gasteiger partial charge in [-0.05, 0) is 40.6 Å². The Balaban J connectivity index is 1.79. The van der Waals surface area contributed by atoms with Gasteiger partial charge in [-0.25, -0.2) is 4.79 Å². The number of amides is 1. The Labute approximate surface area is 146 Å². The van der Waals surface area contributed by atoms with E-state index in [-0.39, 0.29) is 17.9 Å². The molecule has 1 amide bonds. The molecule has 0 aliphatic rings. The first-order chi connectivity index (χ1) is 11.3. The van der Waals surface area contributed by atoms with E-state index >= 15 is 0 Å². The van der Waals surface area contributed by atoms with Crippen LogP contribution in [0, 0.1) is 0 Å². The topological polar surface area (TPSA) is 55.4 Å². The number of benzene rings is 1. The molecular weight excluding hydrogens is 322 g/mol. The van der Waals surface area contributed by atoms with Crippen LogP contribution in [0.3, 0.4) is 0 Å². The van der Waals surface area contributed by atoms with Crippen molar-refractivity contribution in [3.05, 3.63) is 58.3 Å². The molecule has 0 spiro atoms. The quantitative estimate of drug-likeness (QED) is 0.652. The van der Waals surface area contributed by atoms with Crippen molar-refractivity contribution in [2.24, 2.45) is 0 Å². The summed E-state index contributed by atoms with van der Waals surface area (Å²) >= 11 is 1.52. The van der Waals surface area contributed by atoms with Gasteiger partial charge in [-0.1, -0.05) is 39.0 Å². The third-order valence-electron chi connectivity index (χ3n) is 3.31. The molecule has 0 saturated heterocycles. The monoisotopic (exact) mass is 343 g/mol. The lowest BCUT2D eigenvalue weighted by molar-refractivity contribution is -0.142. The number of carbonyl (C=O) groups is 2. The number of ether oxygens (including phenoxy) is 1. The van der Waals surface area contributed by atoms with Gasteiger partial charge in [0.1, 0.15) is 0 Å². The Morgan fingerprint density at radius 1 is 1.17 bits per heavy atom. The number of thiophene rings is 1. The lowest BCUT2D eigenvalue weighted by atomic mass is 9.87. The van der Waals surface area contributed by atoms with Crippen LogP contribution in [0.25, 0.3) is 6.08 Å². The molecule has 0 aliphatic heterocycles. The molecule has 0 atom stereocenters. The van der Waals surface area contributed by atoms with Crippen molar-refractivity contribution < 1.29 is 14.3 Å². The zero-order valence-corrected chi connectivity index (χ0v) is 14.9. The van der Waals surface area contributed by atoms with Gasteiger partial charge in [0, 0.05) is 16.6 Å². The predicted octanol–water partition coefficient (Wildman–Crippen LogP) is 4.24. The first-order valence-corrected chi connectivity index (χ1v) is 8.51. The van der Waals surface area contributed by atoms with Gasteiger partial charge in [-0.15, -0.1) is 11.3 Å². The summed E-state index contributed by atoms with van der Waals surface area (Å²) in [5, 5.41) is 4.63. The van der Waals surface area contributed by atoms with Gasteiger partial charge in [-0.2, -0.15) is 0 Å². The standard InChI is InChI=1S/C19H21NO3S/c1-19(2,3)14-6-8-15(9-7-14)20-17(21)13-23-18(22)11-10-16-5-4-12-24-16/h4-12H,13H2,1-3H3,(H,20,21)/b11-10+. The second-order valence-electron chi connectivity index (χ2n) is 6.33. The summed E-state index contributed by atoms with van der Waals surface area (Å²) in [5.74, 6) is -0.905. The highest BCUT2D eigenvalue weighted by Gasteiger charge is 2.13. The molecule has 0 bridgehead atoms. The molecule has 0 unspecified atom stereocenters. The van der Waals surface area contributed by atoms with Crippen LogP contribution >= 0.6 is 11.3 Å². The van der Waals surface area contributed by atoms with E-state index < -0.39 is 5.97 Å². The van der Waals surface area contributed by atoms with Crippen LogP contribution < -0.4 is 5.32 Å². The Kier molecular flexibility index (Phi) is 5.93. The second kappa shape index (κ2) is 7.93. The Hall–Kier alpha value is -2.40. The molecule has 5 heteroatoms. The summed E-state index contributed by atoms with van der Waals surface area (Å²) in [6.07, 6.45) is 2.98. The Morgan fingerprint density at radius 2 is 1.88 bits per heavy atom. The molecule has 1 N–H and O–H groups in total. The van der Waals surface area contributed by atoms with Crippen LogP contribution in [0.4, 0.5) is 5.69 Å². The van der Waals surface area contributed by atoms with Gasteiger partial charge in [-0.3, -0.25) is 4.79 Å². The highest BCUT2D eigenvalue weighted by atomic mass is 32.1. The number of nitrogens with one attached hydrogen (secondary N) is 1. The minimum atomic E-state index is -0.540. The predicted molar refractivity (Wildman–Crippen MR) is 98.1 cm³/mol. The summed E-state index contributed by atoms with van der Waals surface area (Å²) in [6.45, 7) is 6.08. The van der Waals surface area contributed by atoms with E-state index in [1.807, 2.05) is 41.8 Å². The van der Waals surface area contributed by atoms with Crippen molar-refractivity contribution in [1.82, 2.24) is 0 Å². The van der Waals surface area contributed by atoms with Crippen molar-refractivity contribution in [3.8, 4) is 0 Å². The van der Waals surface area contributed by atoms with Gasteiger partial charge in [0.05, 0.1) is 0 Å². The van der Waals surface area contributed by atoms with Crippen LogP contribution in [-0.2, 0) is 19.7 Å². The van der Waals surface area contributed by atoms with Gasteiger partial charge >= 0.3 is 5.97 Å². The first-order valence-electron chi connectivity index (χ1n) is 7.63. The molecule has 1 aromatic heterocycles. The number of hydrogen-bond acceptors (Lipinski definition) is 4.